The number of carbonyl (C=O) groups is 1. The van der Waals surface area contributed by atoms with Crippen molar-refractivity contribution < 1.29 is 4.79 Å². The smallest absolute Gasteiger partial charge is 0.252 e. The van der Waals surface area contributed by atoms with Gasteiger partial charge in [0.15, 0.2) is 0 Å². The highest BCUT2D eigenvalue weighted by molar-refractivity contribution is 6.33. The lowest BCUT2D eigenvalue weighted by atomic mass is 9.99. The van der Waals surface area contributed by atoms with Crippen LogP contribution in [-0.4, -0.2) is 22.8 Å². The molecule has 0 aliphatic carbocycles. The molecule has 18 heavy (non-hydrogen) atoms. The van der Waals surface area contributed by atoms with Gasteiger partial charge in [0.1, 0.15) is 0 Å². The van der Waals surface area contributed by atoms with Gasteiger partial charge in [-0.2, -0.15) is 0 Å². The molecule has 100 valence electrons. The van der Waals surface area contributed by atoms with Crippen molar-refractivity contribution in [3.05, 3.63) is 29.0 Å². The van der Waals surface area contributed by atoms with E-state index in [0.29, 0.717) is 23.0 Å². The molecule has 1 aromatic rings. The third kappa shape index (κ3) is 4.14. The van der Waals surface area contributed by atoms with Gasteiger partial charge < -0.3 is 5.32 Å². The fourth-order valence-corrected chi connectivity index (χ4v) is 2.45. The van der Waals surface area contributed by atoms with Crippen LogP contribution >= 0.6 is 23.2 Å². The molecule has 0 bridgehead atoms. The zero-order valence-electron chi connectivity index (χ0n) is 10.6. The molecule has 1 heterocycles. The normalized spacial score (nSPS) is 12.5. The van der Waals surface area contributed by atoms with Crippen LogP contribution in [0.4, 0.5) is 0 Å². The molecule has 0 aliphatic rings. The van der Waals surface area contributed by atoms with Crippen LogP contribution < -0.4 is 5.32 Å². The van der Waals surface area contributed by atoms with Gasteiger partial charge in [0, 0.05) is 18.9 Å². The Hall–Kier alpha value is -0.800. The molecule has 0 saturated carbocycles. The molecule has 0 spiro atoms. The number of nitrogens with zero attached hydrogens (tertiary/aromatic N) is 1. The Labute approximate surface area is 118 Å². The molecule has 5 heteroatoms. The van der Waals surface area contributed by atoms with Crippen molar-refractivity contribution in [2.75, 3.05) is 6.54 Å². The predicted molar refractivity (Wildman–Crippen MR) is 75.3 cm³/mol. The number of carbonyl (C=O) groups excluding carboxylic acids is 1. The van der Waals surface area contributed by atoms with Crippen molar-refractivity contribution in [2.24, 2.45) is 5.92 Å². The Morgan fingerprint density at radius 1 is 1.44 bits per heavy atom. The first-order valence-electron chi connectivity index (χ1n) is 6.11. The molecule has 1 atom stereocenters. The number of nitrogens with one attached hydrogen (secondary N) is 1. The Morgan fingerprint density at radius 2 is 2.11 bits per heavy atom. The fraction of sp³-hybridized carbons (Fsp3) is 0.538. The molecule has 0 aromatic carbocycles. The Kier molecular flexibility index (Phi) is 6.44. The van der Waals surface area contributed by atoms with Crippen molar-refractivity contribution in [1.82, 2.24) is 10.3 Å². The molecular formula is C13H18Cl2N2O. The van der Waals surface area contributed by atoms with Crippen LogP contribution in [0.3, 0.4) is 0 Å². The maximum Gasteiger partial charge on any atom is 0.252 e. The number of rotatable bonds is 6. The number of hydrogen-bond donors (Lipinski definition) is 1. The van der Waals surface area contributed by atoms with Gasteiger partial charge in [0.05, 0.1) is 16.0 Å². The monoisotopic (exact) mass is 288 g/mol. The Balaban J connectivity index is 2.54. The van der Waals surface area contributed by atoms with Crippen LogP contribution in [0, 0.1) is 5.92 Å². The van der Waals surface area contributed by atoms with Crippen LogP contribution in [0.25, 0.3) is 0 Å². The Bertz CT molecular complexity index is 394. The van der Waals surface area contributed by atoms with E-state index in [0.717, 1.165) is 12.8 Å². The summed E-state index contributed by atoms with van der Waals surface area (Å²) in [7, 11) is 0. The SMILES string of the molecule is CCC(CC)C(Cl)CNC(=O)c1ccncc1Cl. The summed E-state index contributed by atoms with van der Waals surface area (Å²) in [4.78, 5) is 15.7. The minimum Gasteiger partial charge on any atom is -0.350 e. The summed E-state index contributed by atoms with van der Waals surface area (Å²) in [6.45, 7) is 4.65. The second-order valence-electron chi connectivity index (χ2n) is 4.16. The number of amides is 1. The van der Waals surface area contributed by atoms with Crippen molar-refractivity contribution in [1.29, 1.82) is 0 Å². The summed E-state index contributed by atoms with van der Waals surface area (Å²) in [5.41, 5.74) is 0.431. The highest BCUT2D eigenvalue weighted by Crippen LogP contribution is 2.18. The highest BCUT2D eigenvalue weighted by Gasteiger charge is 2.17. The molecule has 0 saturated heterocycles. The second-order valence-corrected chi connectivity index (χ2v) is 5.13. The molecule has 0 aliphatic heterocycles. The zero-order chi connectivity index (χ0) is 13.5. The van der Waals surface area contributed by atoms with Gasteiger partial charge >= 0.3 is 0 Å². The van der Waals surface area contributed by atoms with Gasteiger partial charge in [-0.15, -0.1) is 11.6 Å². The predicted octanol–water partition coefficient (Wildman–Crippen LogP) is 3.51. The average Bonchev–Trinajstić information content (AvgIpc) is 2.38. The summed E-state index contributed by atoms with van der Waals surface area (Å²) in [5.74, 6) is 0.207. The first kappa shape index (κ1) is 15.3. The van der Waals surface area contributed by atoms with E-state index in [1.807, 2.05) is 0 Å². The standard InChI is InChI=1S/C13H18Cl2N2O/c1-3-9(4-2)11(14)8-17-13(18)10-5-6-16-7-12(10)15/h5-7,9,11H,3-4,8H2,1-2H3,(H,17,18). The summed E-state index contributed by atoms with van der Waals surface area (Å²) >= 11 is 12.2. The van der Waals surface area contributed by atoms with Crippen molar-refractivity contribution in [3.63, 3.8) is 0 Å². The molecule has 1 rings (SSSR count). The Morgan fingerprint density at radius 3 is 2.67 bits per heavy atom. The number of alkyl halides is 1. The second kappa shape index (κ2) is 7.59. The quantitative estimate of drug-likeness (QED) is 0.814. The lowest BCUT2D eigenvalue weighted by Gasteiger charge is -2.19. The average molecular weight is 289 g/mol. The molecule has 1 unspecified atom stereocenters. The van der Waals surface area contributed by atoms with E-state index in [9.17, 15) is 4.79 Å². The van der Waals surface area contributed by atoms with Crippen molar-refractivity contribution >= 4 is 29.1 Å². The van der Waals surface area contributed by atoms with E-state index in [1.165, 1.54) is 6.20 Å². The summed E-state index contributed by atoms with van der Waals surface area (Å²) < 4.78 is 0. The fourth-order valence-electron chi connectivity index (χ4n) is 1.81. The van der Waals surface area contributed by atoms with E-state index >= 15 is 0 Å². The third-order valence-electron chi connectivity index (χ3n) is 3.03. The van der Waals surface area contributed by atoms with E-state index < -0.39 is 0 Å². The third-order valence-corrected chi connectivity index (χ3v) is 3.85. The molecule has 1 amide bonds. The van der Waals surface area contributed by atoms with Crippen LogP contribution in [0.2, 0.25) is 5.02 Å². The van der Waals surface area contributed by atoms with Gasteiger partial charge in [0.2, 0.25) is 0 Å². The van der Waals surface area contributed by atoms with E-state index in [-0.39, 0.29) is 11.3 Å². The summed E-state index contributed by atoms with van der Waals surface area (Å²) in [5, 5.41) is 3.10. The first-order valence-corrected chi connectivity index (χ1v) is 6.93. The van der Waals surface area contributed by atoms with Gasteiger partial charge in [0.25, 0.3) is 5.91 Å². The van der Waals surface area contributed by atoms with Gasteiger partial charge in [-0.1, -0.05) is 38.3 Å². The van der Waals surface area contributed by atoms with E-state index in [2.05, 4.69) is 24.1 Å². The van der Waals surface area contributed by atoms with Crippen LogP contribution in [0.5, 0.6) is 0 Å². The molecule has 1 aromatic heterocycles. The maximum atomic E-state index is 11.9. The molecule has 0 fully saturated rings. The van der Waals surface area contributed by atoms with E-state index in [4.69, 9.17) is 23.2 Å². The van der Waals surface area contributed by atoms with Crippen LogP contribution in [0.1, 0.15) is 37.0 Å². The van der Waals surface area contributed by atoms with Gasteiger partial charge in [-0.25, -0.2) is 0 Å². The largest absolute Gasteiger partial charge is 0.350 e. The summed E-state index contributed by atoms with van der Waals surface area (Å²) in [6, 6.07) is 1.60. The lowest BCUT2D eigenvalue weighted by Crippen LogP contribution is -2.33. The van der Waals surface area contributed by atoms with E-state index in [1.54, 1.807) is 12.3 Å². The first-order chi connectivity index (χ1) is 8.60. The van der Waals surface area contributed by atoms with Crippen LogP contribution in [-0.2, 0) is 0 Å². The minimum absolute atomic E-state index is 0.0513. The molecular weight excluding hydrogens is 271 g/mol. The van der Waals surface area contributed by atoms with Crippen molar-refractivity contribution in [2.45, 2.75) is 32.1 Å². The van der Waals surface area contributed by atoms with Gasteiger partial charge in [-0.3, -0.25) is 9.78 Å². The van der Waals surface area contributed by atoms with Crippen molar-refractivity contribution in [3.8, 4) is 0 Å². The number of hydrogen-bond acceptors (Lipinski definition) is 2. The summed E-state index contributed by atoms with van der Waals surface area (Å²) in [6.07, 6.45) is 5.02. The number of halogens is 2. The lowest BCUT2D eigenvalue weighted by molar-refractivity contribution is 0.0951. The molecule has 0 radical (unpaired) electrons. The minimum atomic E-state index is -0.209. The molecule has 3 nitrogen and oxygen atoms in total. The number of pyridine rings is 1. The topological polar surface area (TPSA) is 42.0 Å². The number of aromatic nitrogens is 1. The van der Waals surface area contributed by atoms with Gasteiger partial charge in [-0.05, 0) is 12.0 Å². The highest BCUT2D eigenvalue weighted by atomic mass is 35.5. The van der Waals surface area contributed by atoms with Crippen LogP contribution in [0.15, 0.2) is 18.5 Å². The zero-order valence-corrected chi connectivity index (χ0v) is 12.1. The molecule has 1 N–H and O–H groups in total. The maximum absolute atomic E-state index is 11.9.